The van der Waals surface area contributed by atoms with Crippen molar-refractivity contribution in [2.24, 2.45) is 5.92 Å². The number of nitrogens with one attached hydrogen (secondary N) is 1. The van der Waals surface area contributed by atoms with E-state index in [1.807, 2.05) is 39.0 Å². The Balaban J connectivity index is 2.18. The quantitative estimate of drug-likeness (QED) is 0.506. The Kier molecular flexibility index (Phi) is 6.23. The van der Waals surface area contributed by atoms with Crippen molar-refractivity contribution in [3.8, 4) is 6.07 Å². The zero-order chi connectivity index (χ0) is 21.2. The minimum absolute atomic E-state index is 0.0538. The fraction of sp³-hybridized carbons (Fsp3) is 0.435. The van der Waals surface area contributed by atoms with Gasteiger partial charge in [0.25, 0.3) is 0 Å². The van der Waals surface area contributed by atoms with E-state index < -0.39 is 27.5 Å². The van der Waals surface area contributed by atoms with Crippen LogP contribution in [0.2, 0.25) is 0 Å². The van der Waals surface area contributed by atoms with Crippen molar-refractivity contribution in [2.45, 2.75) is 56.7 Å². The highest BCUT2D eigenvalue weighted by atomic mass is 32.2. The number of halogens is 1. The molecule has 0 spiro atoms. The normalized spacial score (nSPS) is 17.4. The molecule has 0 unspecified atom stereocenters. The van der Waals surface area contributed by atoms with Crippen LogP contribution in [0.5, 0.6) is 0 Å². The van der Waals surface area contributed by atoms with Crippen LogP contribution in [-0.4, -0.2) is 9.30 Å². The summed E-state index contributed by atoms with van der Waals surface area (Å²) in [4.78, 5) is 0. The molecule has 0 radical (unpaired) electrons. The molecule has 1 fully saturated rings. The SMILES string of the molecule is CC(C)(C)[S@+]([O-])N[C@@](CCC1CC1)(c1cccc(C#N)c1)c1ccc(F)c(N)c1. The number of hydrogen-bond acceptors (Lipinski definition) is 4. The maximum atomic E-state index is 13.9. The van der Waals surface area contributed by atoms with Gasteiger partial charge in [0.05, 0.1) is 17.3 Å². The minimum Gasteiger partial charge on any atom is -0.598 e. The third-order valence-corrected chi connectivity index (χ3v) is 7.07. The summed E-state index contributed by atoms with van der Waals surface area (Å²) in [6.07, 6.45) is 4.02. The monoisotopic (exact) mass is 413 g/mol. The maximum Gasteiger partial charge on any atom is 0.146 e. The van der Waals surface area contributed by atoms with Crippen LogP contribution in [0, 0.1) is 23.1 Å². The van der Waals surface area contributed by atoms with Crippen molar-refractivity contribution in [3.05, 3.63) is 65.0 Å². The predicted molar refractivity (Wildman–Crippen MR) is 116 cm³/mol. The third-order valence-electron chi connectivity index (χ3n) is 5.42. The summed E-state index contributed by atoms with van der Waals surface area (Å²) in [6, 6.07) is 14.2. The fourth-order valence-corrected chi connectivity index (χ4v) is 4.39. The van der Waals surface area contributed by atoms with Gasteiger partial charge in [0.15, 0.2) is 0 Å². The van der Waals surface area contributed by atoms with E-state index in [1.54, 1.807) is 18.2 Å². The number of anilines is 1. The molecule has 1 aliphatic rings. The van der Waals surface area contributed by atoms with Gasteiger partial charge in [-0.3, -0.25) is 0 Å². The Morgan fingerprint density at radius 2 is 1.90 bits per heavy atom. The summed E-state index contributed by atoms with van der Waals surface area (Å²) in [5.74, 6) is 0.170. The van der Waals surface area contributed by atoms with Crippen molar-refractivity contribution >= 4 is 17.0 Å². The lowest BCUT2D eigenvalue weighted by Crippen LogP contribution is -2.52. The van der Waals surface area contributed by atoms with E-state index in [0.717, 1.165) is 17.5 Å². The van der Waals surface area contributed by atoms with Gasteiger partial charge in [-0.1, -0.05) is 31.0 Å². The zero-order valence-electron chi connectivity index (χ0n) is 17.2. The summed E-state index contributed by atoms with van der Waals surface area (Å²) in [5, 5.41) is 9.42. The first-order valence-corrected chi connectivity index (χ1v) is 11.1. The van der Waals surface area contributed by atoms with Gasteiger partial charge >= 0.3 is 0 Å². The van der Waals surface area contributed by atoms with Crippen molar-refractivity contribution in [1.29, 1.82) is 5.26 Å². The number of nitriles is 1. The molecule has 29 heavy (non-hydrogen) atoms. The Labute approximate surface area is 175 Å². The number of nitrogens with zero attached hydrogens (tertiary/aromatic N) is 1. The molecule has 0 amide bonds. The number of rotatable bonds is 7. The van der Waals surface area contributed by atoms with Gasteiger partial charge in [-0.2, -0.15) is 5.26 Å². The van der Waals surface area contributed by atoms with Crippen LogP contribution in [0.1, 0.15) is 63.1 Å². The van der Waals surface area contributed by atoms with Crippen LogP contribution in [0.15, 0.2) is 42.5 Å². The van der Waals surface area contributed by atoms with Crippen LogP contribution in [0.4, 0.5) is 10.1 Å². The number of nitrogen functional groups attached to an aromatic ring is 1. The second kappa shape index (κ2) is 8.35. The van der Waals surface area contributed by atoms with Gasteiger partial charge in [0.2, 0.25) is 0 Å². The number of hydrogen-bond donors (Lipinski definition) is 2. The molecule has 1 aliphatic carbocycles. The van der Waals surface area contributed by atoms with E-state index in [2.05, 4.69) is 10.8 Å². The lowest BCUT2D eigenvalue weighted by molar-refractivity contribution is 0.401. The zero-order valence-corrected chi connectivity index (χ0v) is 18.0. The molecule has 0 bridgehead atoms. The van der Waals surface area contributed by atoms with Crippen LogP contribution >= 0.6 is 0 Å². The van der Waals surface area contributed by atoms with E-state index in [0.29, 0.717) is 17.9 Å². The van der Waals surface area contributed by atoms with Crippen LogP contribution < -0.4 is 10.5 Å². The Morgan fingerprint density at radius 3 is 2.48 bits per heavy atom. The molecule has 0 saturated heterocycles. The van der Waals surface area contributed by atoms with E-state index in [9.17, 15) is 14.2 Å². The minimum atomic E-state index is -1.39. The van der Waals surface area contributed by atoms with Crippen molar-refractivity contribution < 1.29 is 8.94 Å². The highest BCUT2D eigenvalue weighted by Crippen LogP contribution is 2.43. The highest BCUT2D eigenvalue weighted by molar-refractivity contribution is 7.90. The molecule has 3 N–H and O–H groups in total. The fourth-order valence-electron chi connectivity index (χ4n) is 3.43. The van der Waals surface area contributed by atoms with Crippen molar-refractivity contribution in [3.63, 3.8) is 0 Å². The molecule has 2 aromatic rings. The first-order chi connectivity index (χ1) is 13.7. The van der Waals surface area contributed by atoms with Crippen LogP contribution in [0.25, 0.3) is 0 Å². The van der Waals surface area contributed by atoms with Gasteiger partial charge in [-0.25, -0.2) is 4.39 Å². The first kappa shape index (κ1) is 21.6. The number of benzene rings is 2. The molecule has 4 nitrogen and oxygen atoms in total. The Morgan fingerprint density at radius 1 is 1.21 bits per heavy atom. The van der Waals surface area contributed by atoms with Gasteiger partial charge in [-0.05, 0) is 74.9 Å². The van der Waals surface area contributed by atoms with Gasteiger partial charge < -0.3 is 10.3 Å². The summed E-state index contributed by atoms with van der Waals surface area (Å²) in [7, 11) is 0. The van der Waals surface area contributed by atoms with Gasteiger partial charge in [-0.15, -0.1) is 4.72 Å². The van der Waals surface area contributed by atoms with Crippen molar-refractivity contribution in [2.75, 3.05) is 5.73 Å². The summed E-state index contributed by atoms with van der Waals surface area (Å²) in [5.41, 5.74) is 7.23. The van der Waals surface area contributed by atoms with E-state index in [4.69, 9.17) is 5.73 Å². The molecule has 6 heteroatoms. The van der Waals surface area contributed by atoms with Crippen LogP contribution in [-0.2, 0) is 16.9 Å². The molecular weight excluding hydrogens is 385 g/mol. The first-order valence-electron chi connectivity index (χ1n) is 9.91. The third kappa shape index (κ3) is 4.92. The summed E-state index contributed by atoms with van der Waals surface area (Å²) < 4.78 is 30.0. The highest BCUT2D eigenvalue weighted by Gasteiger charge is 2.43. The Bertz CT molecular complexity index is 917. The molecular formula is C23H28FN3OS. The van der Waals surface area contributed by atoms with Crippen LogP contribution in [0.3, 0.4) is 0 Å². The lowest BCUT2D eigenvalue weighted by atomic mass is 9.79. The molecule has 3 rings (SSSR count). The molecule has 0 heterocycles. The average Bonchev–Trinajstić information content (AvgIpc) is 3.51. The molecule has 2 aromatic carbocycles. The van der Waals surface area contributed by atoms with Gasteiger partial charge in [0.1, 0.15) is 16.1 Å². The topological polar surface area (TPSA) is 84.9 Å². The van der Waals surface area contributed by atoms with Crippen molar-refractivity contribution in [1.82, 2.24) is 4.72 Å². The predicted octanol–water partition coefficient (Wildman–Crippen LogP) is 4.77. The largest absolute Gasteiger partial charge is 0.598 e. The molecule has 154 valence electrons. The second-order valence-electron chi connectivity index (χ2n) is 8.80. The smallest absolute Gasteiger partial charge is 0.146 e. The maximum absolute atomic E-state index is 13.9. The molecule has 0 aliphatic heterocycles. The van der Waals surface area contributed by atoms with E-state index >= 15 is 0 Å². The molecule has 0 aromatic heterocycles. The van der Waals surface area contributed by atoms with E-state index in [-0.39, 0.29) is 5.69 Å². The molecule has 2 atom stereocenters. The number of nitrogens with two attached hydrogens (primary N) is 1. The summed E-state index contributed by atoms with van der Waals surface area (Å²) >= 11 is -1.39. The molecule has 1 saturated carbocycles. The standard InChI is InChI=1S/C23H28FN3OS/c1-22(2,3)29(28)27-23(12-11-16-7-8-16,18-6-4-5-17(13-18)15-25)19-9-10-20(24)21(26)14-19/h4-6,9-10,13-14,16,27H,7-8,11-12,26H2,1-3H3/t23-,29-/m0/s1. The average molecular weight is 414 g/mol. The second-order valence-corrected chi connectivity index (χ2v) is 10.8. The lowest BCUT2D eigenvalue weighted by Gasteiger charge is -2.39. The Hall–Kier alpha value is -2.07. The van der Waals surface area contributed by atoms with E-state index in [1.165, 1.54) is 18.9 Å². The summed E-state index contributed by atoms with van der Waals surface area (Å²) in [6.45, 7) is 5.73. The van der Waals surface area contributed by atoms with Gasteiger partial charge in [0, 0.05) is 11.4 Å².